The molecule has 2 N–H and O–H groups in total. The van der Waals surface area contributed by atoms with Gasteiger partial charge in [-0.3, -0.25) is 14.9 Å². The summed E-state index contributed by atoms with van der Waals surface area (Å²) in [5.74, 6) is -2.24. The van der Waals surface area contributed by atoms with Crippen molar-refractivity contribution in [2.75, 3.05) is 19.0 Å². The normalized spacial score (nSPS) is 29.8. The Morgan fingerprint density at radius 1 is 1.22 bits per heavy atom. The lowest BCUT2D eigenvalue weighted by molar-refractivity contribution is -0.162. The number of nitrogens with zero attached hydrogens (tertiary/aromatic N) is 3. The van der Waals surface area contributed by atoms with E-state index in [1.807, 2.05) is 76.3 Å². The summed E-state index contributed by atoms with van der Waals surface area (Å²) in [6.45, 7) is 15.0. The van der Waals surface area contributed by atoms with Crippen molar-refractivity contribution in [1.29, 1.82) is 0 Å². The highest BCUT2D eigenvalue weighted by Crippen LogP contribution is 2.49. The number of rotatable bonds is 9. The average molecular weight is 858 g/mol. The molecule has 316 valence electrons. The van der Waals surface area contributed by atoms with Crippen molar-refractivity contribution < 1.29 is 38.5 Å². The molecule has 3 aliphatic heterocycles. The zero-order chi connectivity index (χ0) is 42.7. The minimum absolute atomic E-state index is 0.0703. The van der Waals surface area contributed by atoms with Gasteiger partial charge in [-0.25, -0.2) is 14.6 Å². The van der Waals surface area contributed by atoms with E-state index in [0.717, 1.165) is 21.7 Å². The molecule has 5 rings (SSSR count). The molecule has 8 atom stereocenters. The Morgan fingerprint density at radius 3 is 2.64 bits per heavy atom. The van der Waals surface area contributed by atoms with Gasteiger partial charge in [0.2, 0.25) is 11.8 Å². The summed E-state index contributed by atoms with van der Waals surface area (Å²) in [5.41, 5.74) is 0.494. The lowest BCUT2D eigenvalue weighted by atomic mass is 9.82. The molecule has 2 aromatic rings. The summed E-state index contributed by atoms with van der Waals surface area (Å²) in [5, 5.41) is 15.6. The number of nitrogens with one attached hydrogen (secondary N) is 1. The topological polar surface area (TPSA) is 151 Å². The van der Waals surface area contributed by atoms with Crippen molar-refractivity contribution in [3.63, 3.8) is 0 Å². The third-order valence-electron chi connectivity index (χ3n) is 11.6. The molecule has 58 heavy (non-hydrogen) atoms. The number of hydrogen-bond donors (Lipinski definition) is 2. The van der Waals surface area contributed by atoms with Crippen LogP contribution in [0.3, 0.4) is 0 Å². The fraction of sp³-hybridized carbons (Fsp3) is 0.558. The van der Waals surface area contributed by atoms with E-state index in [1.54, 1.807) is 55.7 Å². The lowest BCUT2D eigenvalue weighted by Gasteiger charge is -2.41. The molecule has 2 fully saturated rings. The van der Waals surface area contributed by atoms with Gasteiger partial charge in [0.1, 0.15) is 34.6 Å². The van der Waals surface area contributed by atoms with Crippen LogP contribution < -0.4 is 10.2 Å². The first-order valence-corrected chi connectivity index (χ1v) is 22.2. The molecule has 12 nitrogen and oxygen atoms in total. The number of benzene rings is 1. The van der Waals surface area contributed by atoms with Crippen LogP contribution in [0.15, 0.2) is 65.4 Å². The Hall–Kier alpha value is -3.56. The standard InChI is InChI=1S/C43H57ClN4O8S2/c1-25-14-13-15-27(3)43(53)24-32(54-40(52)46-43)28(4)38-42(8,56-38)33(23-36(50)48(10)31-22-30(20-25)21-26(2)37(31)44)55-39(51)29(5)47(9)35(49)17-18-41(6,7)58-57-34-16-11-12-19-45-34/h11-16,19,21-22,27-29,32-33,38,53H,17-18,20,23-24H2,1-10H3,(H,46,52)/b15-13+,25-14+. The molecule has 8 unspecified atom stereocenters. The van der Waals surface area contributed by atoms with Crippen LogP contribution in [-0.4, -0.2) is 93.4 Å². The number of aryl methyl sites for hydroxylation is 1. The number of anilines is 1. The predicted octanol–water partition coefficient (Wildman–Crippen LogP) is 7.83. The van der Waals surface area contributed by atoms with Gasteiger partial charge in [-0.2, -0.15) is 0 Å². The molecule has 2 saturated heterocycles. The van der Waals surface area contributed by atoms with E-state index in [-0.39, 0.29) is 35.8 Å². The fourth-order valence-corrected chi connectivity index (χ4v) is 9.79. The van der Waals surface area contributed by atoms with Gasteiger partial charge < -0.3 is 29.1 Å². The highest BCUT2D eigenvalue weighted by Gasteiger charge is 2.64. The second-order valence-electron chi connectivity index (χ2n) is 16.7. The van der Waals surface area contributed by atoms with Crippen LogP contribution in [-0.2, 0) is 35.0 Å². The van der Waals surface area contributed by atoms with Crippen LogP contribution in [0.5, 0.6) is 0 Å². The SMILES string of the molecule is C/C1=C\C=C\C(C)C2(O)CC(OC(=O)N2)C(C)C2OC2(C)C(OC(=O)C(C)N(C)C(=O)CCC(C)(C)SSc2ccccn2)CC(=O)N(C)c2cc(cc(C)c2Cl)C1. The molecular weight excluding hydrogens is 800 g/mol. The number of amides is 3. The minimum Gasteiger partial charge on any atom is -0.457 e. The summed E-state index contributed by atoms with van der Waals surface area (Å²) in [6, 6.07) is 8.61. The molecule has 0 radical (unpaired) electrons. The second kappa shape index (κ2) is 18.4. The summed E-state index contributed by atoms with van der Waals surface area (Å²) in [6.07, 6.45) is 5.30. The number of fused-ring (bicyclic) bond motifs is 5. The maximum Gasteiger partial charge on any atom is 0.409 e. The van der Waals surface area contributed by atoms with Gasteiger partial charge in [0, 0.05) is 49.7 Å². The Balaban J connectivity index is 1.38. The molecule has 1 aromatic carbocycles. The van der Waals surface area contributed by atoms with Crippen molar-refractivity contribution >= 4 is 62.8 Å². The number of likely N-dealkylation sites (N-methyl/N-ethyl adjacent to an activating group) is 1. The van der Waals surface area contributed by atoms with E-state index in [1.165, 1.54) is 9.80 Å². The first-order valence-electron chi connectivity index (χ1n) is 19.7. The number of aromatic nitrogens is 1. The van der Waals surface area contributed by atoms with E-state index >= 15 is 0 Å². The van der Waals surface area contributed by atoms with Crippen molar-refractivity contribution in [2.45, 2.75) is 133 Å². The van der Waals surface area contributed by atoms with Gasteiger partial charge in [-0.15, -0.1) is 0 Å². The first-order chi connectivity index (χ1) is 27.1. The van der Waals surface area contributed by atoms with E-state index in [2.05, 4.69) is 24.1 Å². The number of carbonyl (C=O) groups excluding carboxylic acids is 4. The average Bonchev–Trinajstić information content (AvgIpc) is 3.87. The number of pyridine rings is 1. The Morgan fingerprint density at radius 2 is 1.95 bits per heavy atom. The van der Waals surface area contributed by atoms with Gasteiger partial charge in [0.25, 0.3) is 0 Å². The summed E-state index contributed by atoms with van der Waals surface area (Å²) >= 11 is 6.81. The van der Waals surface area contributed by atoms with E-state index in [4.69, 9.17) is 25.8 Å². The molecule has 1 aromatic heterocycles. The zero-order valence-electron chi connectivity index (χ0n) is 35.0. The summed E-state index contributed by atoms with van der Waals surface area (Å²) in [7, 11) is 6.38. The van der Waals surface area contributed by atoms with Gasteiger partial charge in [0.05, 0.1) is 23.2 Å². The molecule has 4 heterocycles. The number of epoxide rings is 1. The monoisotopic (exact) mass is 856 g/mol. The number of allylic oxidation sites excluding steroid dienone is 3. The molecular formula is C43H57ClN4O8S2. The van der Waals surface area contributed by atoms with E-state index < -0.39 is 59.6 Å². The lowest BCUT2D eigenvalue weighted by Crippen LogP contribution is -2.60. The minimum atomic E-state index is -1.61. The van der Waals surface area contributed by atoms with E-state index in [9.17, 15) is 24.3 Å². The smallest absolute Gasteiger partial charge is 0.409 e. The maximum absolute atomic E-state index is 14.2. The Kier molecular flexibility index (Phi) is 14.4. The van der Waals surface area contributed by atoms with Crippen molar-refractivity contribution in [3.8, 4) is 0 Å². The van der Waals surface area contributed by atoms with E-state index in [0.29, 0.717) is 23.6 Å². The number of ether oxygens (including phenoxy) is 3. The van der Waals surface area contributed by atoms with Crippen LogP contribution in [0, 0.1) is 18.8 Å². The largest absolute Gasteiger partial charge is 0.457 e. The highest BCUT2D eigenvalue weighted by molar-refractivity contribution is 8.77. The Bertz CT molecular complexity index is 1930. The van der Waals surface area contributed by atoms with Crippen molar-refractivity contribution in [2.24, 2.45) is 11.8 Å². The molecule has 15 heteroatoms. The van der Waals surface area contributed by atoms with Gasteiger partial charge >= 0.3 is 12.1 Å². The number of aliphatic hydroxyl groups is 1. The van der Waals surface area contributed by atoms with Gasteiger partial charge in [-0.1, -0.05) is 72.2 Å². The van der Waals surface area contributed by atoms with Crippen LogP contribution >= 0.6 is 33.2 Å². The van der Waals surface area contributed by atoms with Crippen LogP contribution in [0.2, 0.25) is 5.02 Å². The summed E-state index contributed by atoms with van der Waals surface area (Å²) in [4.78, 5) is 61.7. The van der Waals surface area contributed by atoms with Crippen LogP contribution in [0.1, 0.15) is 85.3 Å². The first kappa shape index (κ1) is 45.5. The second-order valence-corrected chi connectivity index (χ2v) is 20.0. The number of hydrogen-bond acceptors (Lipinski definition) is 11. The van der Waals surface area contributed by atoms with Crippen molar-refractivity contribution in [1.82, 2.24) is 15.2 Å². The zero-order valence-corrected chi connectivity index (χ0v) is 37.4. The molecule has 3 amide bonds. The van der Waals surface area contributed by atoms with Gasteiger partial charge in [0.15, 0.2) is 0 Å². The number of carbonyl (C=O) groups is 4. The molecule has 4 bridgehead atoms. The quantitative estimate of drug-likeness (QED) is 0.144. The Labute approximate surface area is 355 Å². The number of halogens is 1. The molecule has 0 aliphatic carbocycles. The third kappa shape index (κ3) is 10.8. The highest BCUT2D eigenvalue weighted by atomic mass is 35.5. The van der Waals surface area contributed by atoms with Crippen LogP contribution in [0.25, 0.3) is 0 Å². The molecule has 3 aliphatic rings. The van der Waals surface area contributed by atoms with Crippen LogP contribution in [0.4, 0.5) is 10.5 Å². The number of esters is 1. The van der Waals surface area contributed by atoms with Gasteiger partial charge in [-0.05, 0) is 94.5 Å². The third-order valence-corrected chi connectivity index (χ3v) is 15.4. The molecule has 0 spiro atoms. The molecule has 0 saturated carbocycles. The maximum atomic E-state index is 14.2. The fourth-order valence-electron chi connectivity index (χ4n) is 7.34. The predicted molar refractivity (Wildman–Crippen MR) is 229 cm³/mol. The number of alkyl carbamates (subject to hydrolysis) is 1. The van der Waals surface area contributed by atoms with Crippen molar-refractivity contribution in [3.05, 3.63) is 76.5 Å². The summed E-state index contributed by atoms with van der Waals surface area (Å²) < 4.78 is 18.0.